The van der Waals surface area contributed by atoms with Gasteiger partial charge >= 0.3 is 0 Å². The number of allylic oxidation sites excluding steroid dienone is 2. The highest BCUT2D eigenvalue weighted by Crippen LogP contribution is 2.40. The van der Waals surface area contributed by atoms with Crippen LogP contribution in [0.1, 0.15) is 40.6 Å². The molecule has 0 aromatic carbocycles. The van der Waals surface area contributed by atoms with E-state index in [-0.39, 0.29) is 48.6 Å². The fraction of sp³-hybridized carbons (Fsp3) is 0.409. The molecule has 3 aliphatic rings. The molecule has 0 bridgehead atoms. The maximum Gasteiger partial charge on any atom is 0.233 e. The Labute approximate surface area is 177 Å². The summed E-state index contributed by atoms with van der Waals surface area (Å²) in [6.07, 6.45) is 6.28. The summed E-state index contributed by atoms with van der Waals surface area (Å²) in [6, 6.07) is 6.15. The number of rotatable bonds is 4. The summed E-state index contributed by atoms with van der Waals surface area (Å²) in [7, 11) is 0. The van der Waals surface area contributed by atoms with E-state index in [1.165, 1.54) is 15.3 Å². The Morgan fingerprint density at radius 2 is 1.79 bits per heavy atom. The number of imide groups is 1. The van der Waals surface area contributed by atoms with Crippen LogP contribution < -0.4 is 0 Å². The van der Waals surface area contributed by atoms with Crippen molar-refractivity contribution in [2.45, 2.75) is 31.7 Å². The molecule has 2 aromatic heterocycles. The first kappa shape index (κ1) is 18.8. The van der Waals surface area contributed by atoms with Gasteiger partial charge in [0, 0.05) is 29.3 Å². The number of carbonyl (C=O) groups excluding carboxylic acids is 3. The molecule has 7 heteroatoms. The van der Waals surface area contributed by atoms with Crippen LogP contribution in [0.15, 0.2) is 41.1 Å². The number of nitrogens with zero attached hydrogens (tertiary/aromatic N) is 2. The number of fused-ring (bicyclic) bond motifs is 2. The van der Waals surface area contributed by atoms with Crippen LogP contribution in [0, 0.1) is 11.8 Å². The molecular weight excluding hydrogens is 404 g/mol. The van der Waals surface area contributed by atoms with E-state index in [9.17, 15) is 14.4 Å². The summed E-state index contributed by atoms with van der Waals surface area (Å²) in [5.41, 5.74) is 1.21. The molecule has 29 heavy (non-hydrogen) atoms. The Kier molecular flexibility index (Phi) is 4.87. The molecule has 2 aliphatic heterocycles. The molecule has 0 N–H and O–H groups in total. The van der Waals surface area contributed by atoms with Gasteiger partial charge in [0.15, 0.2) is 0 Å². The molecule has 0 saturated carbocycles. The molecule has 4 heterocycles. The Hall–Kier alpha value is -2.25. The maximum absolute atomic E-state index is 13.2. The van der Waals surface area contributed by atoms with Gasteiger partial charge in [-0.05, 0) is 47.7 Å². The highest BCUT2D eigenvalue weighted by Gasteiger charge is 2.47. The van der Waals surface area contributed by atoms with Crippen LogP contribution in [-0.2, 0) is 20.8 Å². The smallest absolute Gasteiger partial charge is 0.233 e. The van der Waals surface area contributed by atoms with E-state index in [1.807, 2.05) is 28.5 Å². The van der Waals surface area contributed by atoms with Crippen LogP contribution >= 0.6 is 22.7 Å². The van der Waals surface area contributed by atoms with Crippen LogP contribution in [0.5, 0.6) is 0 Å². The minimum atomic E-state index is -0.232. The molecule has 150 valence electrons. The normalized spacial score (nSPS) is 26.0. The molecule has 0 spiro atoms. The van der Waals surface area contributed by atoms with E-state index in [0.717, 1.165) is 11.3 Å². The fourth-order valence-electron chi connectivity index (χ4n) is 4.78. The number of hydrogen-bond acceptors (Lipinski definition) is 5. The van der Waals surface area contributed by atoms with Crippen molar-refractivity contribution >= 4 is 40.4 Å². The van der Waals surface area contributed by atoms with Gasteiger partial charge in [-0.15, -0.1) is 22.7 Å². The second kappa shape index (κ2) is 7.54. The van der Waals surface area contributed by atoms with Crippen molar-refractivity contribution in [1.29, 1.82) is 0 Å². The molecule has 1 saturated heterocycles. The van der Waals surface area contributed by atoms with Crippen molar-refractivity contribution in [3.63, 3.8) is 0 Å². The molecule has 3 amide bonds. The van der Waals surface area contributed by atoms with Gasteiger partial charge in [0.2, 0.25) is 17.7 Å². The van der Waals surface area contributed by atoms with Gasteiger partial charge in [0.1, 0.15) is 0 Å². The Balaban J connectivity index is 1.32. The lowest BCUT2D eigenvalue weighted by molar-refractivity contribution is -0.141. The monoisotopic (exact) mass is 426 g/mol. The lowest BCUT2D eigenvalue weighted by atomic mass is 9.85. The number of hydrogen-bond donors (Lipinski definition) is 0. The van der Waals surface area contributed by atoms with E-state index >= 15 is 0 Å². The molecule has 1 fully saturated rings. The second-order valence-electron chi connectivity index (χ2n) is 7.79. The molecule has 2 aromatic rings. The minimum absolute atomic E-state index is 0.00819. The van der Waals surface area contributed by atoms with Gasteiger partial charge in [-0.1, -0.05) is 18.2 Å². The standard InChI is InChI=1S/C22H22N2O3S2/c25-19(8-11-24-21(26)14-4-1-2-5-15(14)22(24)27)23-10-7-17-16(9-13-29-17)20(23)18-6-3-12-28-18/h1-3,6,9,12-15,20H,4-5,7-8,10-11H2/t14-,15+,20-/m1/s1. The highest BCUT2D eigenvalue weighted by atomic mass is 32.1. The fourth-order valence-corrected chi connectivity index (χ4v) is 6.54. The molecule has 3 atom stereocenters. The first-order valence-corrected chi connectivity index (χ1v) is 11.8. The van der Waals surface area contributed by atoms with Crippen molar-refractivity contribution in [3.05, 3.63) is 56.4 Å². The molecule has 0 radical (unpaired) electrons. The zero-order valence-corrected chi connectivity index (χ0v) is 17.6. The average molecular weight is 427 g/mol. The minimum Gasteiger partial charge on any atom is -0.330 e. The Bertz CT molecular complexity index is 952. The van der Waals surface area contributed by atoms with Gasteiger partial charge in [-0.2, -0.15) is 0 Å². The Morgan fingerprint density at radius 3 is 2.48 bits per heavy atom. The first-order valence-electron chi connectivity index (χ1n) is 10.0. The van der Waals surface area contributed by atoms with Gasteiger partial charge in [-0.25, -0.2) is 0 Å². The van der Waals surface area contributed by atoms with Crippen molar-refractivity contribution in [1.82, 2.24) is 9.80 Å². The van der Waals surface area contributed by atoms with Crippen LogP contribution in [0.25, 0.3) is 0 Å². The van der Waals surface area contributed by atoms with Gasteiger partial charge < -0.3 is 4.90 Å². The van der Waals surface area contributed by atoms with Gasteiger partial charge in [0.05, 0.1) is 17.9 Å². The zero-order valence-electron chi connectivity index (χ0n) is 16.0. The van der Waals surface area contributed by atoms with Crippen LogP contribution in [0.3, 0.4) is 0 Å². The lowest BCUT2D eigenvalue weighted by Crippen LogP contribution is -2.42. The van der Waals surface area contributed by atoms with E-state index in [1.54, 1.807) is 22.7 Å². The molecule has 5 rings (SSSR count). The largest absolute Gasteiger partial charge is 0.330 e. The van der Waals surface area contributed by atoms with Gasteiger partial charge in [0.25, 0.3) is 0 Å². The van der Waals surface area contributed by atoms with Crippen LogP contribution in [0.4, 0.5) is 0 Å². The topological polar surface area (TPSA) is 57.7 Å². The maximum atomic E-state index is 13.2. The number of thiophene rings is 2. The molecule has 0 unspecified atom stereocenters. The Morgan fingerprint density at radius 1 is 1.03 bits per heavy atom. The van der Waals surface area contributed by atoms with E-state index < -0.39 is 0 Å². The van der Waals surface area contributed by atoms with Crippen LogP contribution in [-0.4, -0.2) is 40.6 Å². The summed E-state index contributed by atoms with van der Waals surface area (Å²) >= 11 is 3.41. The van der Waals surface area contributed by atoms with E-state index in [4.69, 9.17) is 0 Å². The molecule has 1 aliphatic carbocycles. The average Bonchev–Trinajstić information content (AvgIpc) is 3.48. The third-order valence-electron chi connectivity index (χ3n) is 6.25. The number of likely N-dealkylation sites (tertiary alicyclic amines) is 1. The summed E-state index contributed by atoms with van der Waals surface area (Å²) < 4.78 is 0. The number of amides is 3. The van der Waals surface area contributed by atoms with Crippen molar-refractivity contribution < 1.29 is 14.4 Å². The predicted molar refractivity (Wildman–Crippen MR) is 113 cm³/mol. The number of carbonyl (C=O) groups is 3. The van der Waals surface area contributed by atoms with Gasteiger partial charge in [-0.3, -0.25) is 19.3 Å². The summed E-state index contributed by atoms with van der Waals surface area (Å²) in [5.74, 6) is -0.667. The second-order valence-corrected chi connectivity index (χ2v) is 9.77. The molecular formula is C22H22N2O3S2. The predicted octanol–water partition coefficient (Wildman–Crippen LogP) is 3.63. The van der Waals surface area contributed by atoms with E-state index in [0.29, 0.717) is 19.4 Å². The first-order chi connectivity index (χ1) is 14.1. The van der Waals surface area contributed by atoms with Crippen LogP contribution in [0.2, 0.25) is 0 Å². The zero-order chi connectivity index (χ0) is 20.0. The highest BCUT2D eigenvalue weighted by molar-refractivity contribution is 7.10. The summed E-state index contributed by atoms with van der Waals surface area (Å²) in [4.78, 5) is 44.3. The summed E-state index contributed by atoms with van der Waals surface area (Å²) in [5, 5.41) is 4.13. The summed E-state index contributed by atoms with van der Waals surface area (Å²) in [6.45, 7) is 0.861. The van der Waals surface area contributed by atoms with Crippen molar-refractivity contribution in [3.8, 4) is 0 Å². The SMILES string of the molecule is O=C1[C@H]2CC=CC[C@H]2C(=O)N1CCC(=O)N1CCc2sccc2[C@@H]1c1cccs1. The third kappa shape index (κ3) is 3.16. The van der Waals surface area contributed by atoms with Crippen molar-refractivity contribution in [2.24, 2.45) is 11.8 Å². The third-order valence-corrected chi connectivity index (χ3v) is 8.17. The van der Waals surface area contributed by atoms with E-state index in [2.05, 4.69) is 17.5 Å². The quantitative estimate of drug-likeness (QED) is 0.554. The lowest BCUT2D eigenvalue weighted by Gasteiger charge is -2.36. The van der Waals surface area contributed by atoms with Crippen molar-refractivity contribution in [2.75, 3.05) is 13.1 Å². The molecule has 5 nitrogen and oxygen atoms in total.